The second-order valence-electron chi connectivity index (χ2n) is 6.34. The van der Waals surface area contributed by atoms with Gasteiger partial charge in [-0.25, -0.2) is 0 Å². The summed E-state index contributed by atoms with van der Waals surface area (Å²) in [5, 5.41) is 19.3. The maximum Gasteiger partial charge on any atom is 0.262 e. The van der Waals surface area contributed by atoms with E-state index in [1.807, 2.05) is 74.5 Å². The number of H-pyrrole nitrogens is 1. The van der Waals surface area contributed by atoms with Crippen molar-refractivity contribution in [3.05, 3.63) is 83.1 Å². The summed E-state index contributed by atoms with van der Waals surface area (Å²) in [5.74, 6) is -0.411. The number of aromatic amines is 1. The normalized spacial score (nSPS) is 12.3. The van der Waals surface area contributed by atoms with Gasteiger partial charge in [0.1, 0.15) is 11.6 Å². The number of carbonyl (C=O) groups excluding carboxylic acids is 1. The molecule has 2 N–H and O–H groups in total. The van der Waals surface area contributed by atoms with Crippen molar-refractivity contribution in [3.8, 4) is 17.3 Å². The Bertz CT molecular complexity index is 995. The average molecular weight is 356 g/mol. The van der Waals surface area contributed by atoms with E-state index < -0.39 is 5.91 Å². The third-order valence-corrected chi connectivity index (χ3v) is 4.32. The minimum Gasteiger partial charge on any atom is -0.345 e. The summed E-state index contributed by atoms with van der Waals surface area (Å²) < 4.78 is 0. The van der Waals surface area contributed by atoms with E-state index in [0.29, 0.717) is 5.56 Å². The van der Waals surface area contributed by atoms with Crippen molar-refractivity contribution in [3.63, 3.8) is 0 Å². The van der Waals surface area contributed by atoms with Gasteiger partial charge in [-0.1, -0.05) is 60.2 Å². The average Bonchev–Trinajstić information content (AvgIpc) is 3.15. The van der Waals surface area contributed by atoms with E-state index in [-0.39, 0.29) is 11.6 Å². The molecule has 0 aliphatic carbocycles. The van der Waals surface area contributed by atoms with E-state index in [1.165, 1.54) is 0 Å². The highest BCUT2D eigenvalue weighted by Crippen LogP contribution is 2.23. The van der Waals surface area contributed by atoms with E-state index in [1.54, 1.807) is 12.3 Å². The highest BCUT2D eigenvalue weighted by molar-refractivity contribution is 6.02. The van der Waals surface area contributed by atoms with Gasteiger partial charge in [0.2, 0.25) is 0 Å². The lowest BCUT2D eigenvalue weighted by atomic mass is 10.0. The topological polar surface area (TPSA) is 81.6 Å². The molecule has 1 amide bonds. The number of rotatable bonds is 5. The summed E-state index contributed by atoms with van der Waals surface area (Å²) in [7, 11) is 0. The molecule has 0 saturated carbocycles. The van der Waals surface area contributed by atoms with E-state index in [0.717, 1.165) is 22.4 Å². The van der Waals surface area contributed by atoms with E-state index in [2.05, 4.69) is 15.5 Å². The van der Waals surface area contributed by atoms with Crippen molar-refractivity contribution in [1.29, 1.82) is 5.26 Å². The molecule has 5 heteroatoms. The van der Waals surface area contributed by atoms with Gasteiger partial charge in [0.15, 0.2) is 0 Å². The zero-order chi connectivity index (χ0) is 19.2. The molecule has 0 bridgehead atoms. The van der Waals surface area contributed by atoms with E-state index >= 15 is 0 Å². The molecule has 0 spiro atoms. The number of hydrogen-bond acceptors (Lipinski definition) is 3. The van der Waals surface area contributed by atoms with Crippen LogP contribution in [0, 0.1) is 18.3 Å². The first-order chi connectivity index (χ1) is 13.1. The summed E-state index contributed by atoms with van der Waals surface area (Å²) >= 11 is 0. The van der Waals surface area contributed by atoms with Crippen LogP contribution in [0.4, 0.5) is 0 Å². The molecule has 27 heavy (non-hydrogen) atoms. The van der Waals surface area contributed by atoms with Crippen LogP contribution in [0.5, 0.6) is 0 Å². The third kappa shape index (κ3) is 4.31. The fourth-order valence-electron chi connectivity index (χ4n) is 2.76. The molecule has 3 aromatic rings. The molecule has 0 aliphatic heterocycles. The predicted octanol–water partition coefficient (Wildman–Crippen LogP) is 4.17. The summed E-state index contributed by atoms with van der Waals surface area (Å²) in [6.45, 7) is 3.91. The van der Waals surface area contributed by atoms with Crippen LogP contribution in [0.3, 0.4) is 0 Å². The van der Waals surface area contributed by atoms with Gasteiger partial charge >= 0.3 is 0 Å². The molecule has 134 valence electrons. The number of amides is 1. The predicted molar refractivity (Wildman–Crippen MR) is 105 cm³/mol. The number of aryl methyl sites for hydroxylation is 1. The van der Waals surface area contributed by atoms with Crippen LogP contribution in [-0.2, 0) is 4.79 Å². The fraction of sp³-hybridized carbons (Fsp3) is 0.136. The van der Waals surface area contributed by atoms with Gasteiger partial charge in [-0.15, -0.1) is 0 Å². The van der Waals surface area contributed by atoms with Gasteiger partial charge < -0.3 is 5.32 Å². The molecule has 0 saturated heterocycles. The Morgan fingerprint density at radius 2 is 1.89 bits per heavy atom. The Labute approximate surface area is 158 Å². The highest BCUT2D eigenvalue weighted by Gasteiger charge is 2.15. The quantitative estimate of drug-likeness (QED) is 0.532. The second kappa shape index (κ2) is 8.15. The summed E-state index contributed by atoms with van der Waals surface area (Å²) in [5.41, 5.74) is 4.57. The zero-order valence-electron chi connectivity index (χ0n) is 15.2. The summed E-state index contributed by atoms with van der Waals surface area (Å²) in [4.78, 5) is 12.6. The molecule has 5 nitrogen and oxygen atoms in total. The number of carbonyl (C=O) groups is 1. The lowest BCUT2D eigenvalue weighted by molar-refractivity contribution is -0.117. The molecule has 2 aromatic carbocycles. The zero-order valence-corrected chi connectivity index (χ0v) is 15.2. The third-order valence-electron chi connectivity index (χ3n) is 4.32. The van der Waals surface area contributed by atoms with E-state index in [4.69, 9.17) is 0 Å². The minimum absolute atomic E-state index is 0.0348. The first kappa shape index (κ1) is 18.2. The lowest BCUT2D eigenvalue weighted by Gasteiger charge is -2.14. The maximum atomic E-state index is 12.6. The molecular weight excluding hydrogens is 336 g/mol. The number of aromatic nitrogens is 2. The summed E-state index contributed by atoms with van der Waals surface area (Å²) in [6.07, 6.45) is 3.17. The number of hydrogen-bond donors (Lipinski definition) is 2. The van der Waals surface area contributed by atoms with Gasteiger partial charge in [-0.3, -0.25) is 9.89 Å². The molecule has 1 aromatic heterocycles. The molecule has 0 fully saturated rings. The van der Waals surface area contributed by atoms with Gasteiger partial charge in [-0.05, 0) is 25.5 Å². The van der Waals surface area contributed by atoms with Crippen molar-refractivity contribution in [1.82, 2.24) is 15.5 Å². The van der Waals surface area contributed by atoms with Crippen LogP contribution < -0.4 is 5.32 Å². The smallest absolute Gasteiger partial charge is 0.262 e. The Morgan fingerprint density at radius 3 is 2.56 bits per heavy atom. The van der Waals surface area contributed by atoms with Gasteiger partial charge in [0, 0.05) is 11.1 Å². The highest BCUT2D eigenvalue weighted by atomic mass is 16.1. The standard InChI is InChI=1S/C22H20N4O/c1-15-8-10-17(11-9-15)16(2)25-22(27)19(13-23)12-20-14-24-26-21(20)18-6-4-3-5-7-18/h3-12,14,16H,1-2H3,(H,24,26)(H,25,27)/b19-12+/t16-/m0/s1. The van der Waals surface area contributed by atoms with Crippen molar-refractivity contribution in [2.24, 2.45) is 0 Å². The maximum absolute atomic E-state index is 12.6. The van der Waals surface area contributed by atoms with Crippen molar-refractivity contribution in [2.75, 3.05) is 0 Å². The van der Waals surface area contributed by atoms with Crippen molar-refractivity contribution in [2.45, 2.75) is 19.9 Å². The Morgan fingerprint density at radius 1 is 1.19 bits per heavy atom. The SMILES string of the molecule is Cc1ccc([C@H](C)NC(=O)/C(C#N)=C/c2cn[nH]c2-c2ccccc2)cc1. The van der Waals surface area contributed by atoms with Crippen molar-refractivity contribution >= 4 is 12.0 Å². The molecule has 0 aliphatic rings. The molecule has 0 radical (unpaired) electrons. The lowest BCUT2D eigenvalue weighted by Crippen LogP contribution is -2.27. The molecule has 1 heterocycles. The number of benzene rings is 2. The first-order valence-corrected chi connectivity index (χ1v) is 8.66. The minimum atomic E-state index is -0.411. The Kier molecular flexibility index (Phi) is 5.48. The second-order valence-corrected chi connectivity index (χ2v) is 6.34. The molecular formula is C22H20N4O. The van der Waals surface area contributed by atoms with Gasteiger partial charge in [0.05, 0.1) is 17.9 Å². The Balaban J connectivity index is 1.81. The summed E-state index contributed by atoms with van der Waals surface area (Å²) in [6, 6.07) is 19.4. The van der Waals surface area contributed by atoms with Gasteiger partial charge in [-0.2, -0.15) is 10.4 Å². The fourth-order valence-corrected chi connectivity index (χ4v) is 2.76. The van der Waals surface area contributed by atoms with Crippen molar-refractivity contribution < 1.29 is 4.79 Å². The molecule has 3 rings (SSSR count). The van der Waals surface area contributed by atoms with Crippen LogP contribution >= 0.6 is 0 Å². The van der Waals surface area contributed by atoms with Crippen LogP contribution in [0.2, 0.25) is 0 Å². The monoisotopic (exact) mass is 356 g/mol. The van der Waals surface area contributed by atoms with Crippen LogP contribution in [-0.4, -0.2) is 16.1 Å². The largest absolute Gasteiger partial charge is 0.345 e. The first-order valence-electron chi connectivity index (χ1n) is 8.66. The molecule has 1 atom stereocenters. The van der Waals surface area contributed by atoms with Crippen LogP contribution in [0.25, 0.3) is 17.3 Å². The number of nitrogens with one attached hydrogen (secondary N) is 2. The van der Waals surface area contributed by atoms with E-state index in [9.17, 15) is 10.1 Å². The van der Waals surface area contributed by atoms with Gasteiger partial charge in [0.25, 0.3) is 5.91 Å². The number of nitrogens with zero attached hydrogens (tertiary/aromatic N) is 2. The van der Waals surface area contributed by atoms with Crippen LogP contribution in [0.15, 0.2) is 66.4 Å². The molecule has 0 unspecified atom stereocenters. The number of nitriles is 1. The van der Waals surface area contributed by atoms with Crippen LogP contribution in [0.1, 0.15) is 29.7 Å². The Hall–Kier alpha value is -3.65.